The van der Waals surface area contributed by atoms with E-state index in [1.165, 1.54) is 18.1 Å². The summed E-state index contributed by atoms with van der Waals surface area (Å²) in [6.07, 6.45) is -0.131. The van der Waals surface area contributed by atoms with Crippen molar-refractivity contribution in [3.63, 3.8) is 0 Å². The standard InChI is InChI=1S/C24H30N2O3/c1-20(27)18-24(28)29-17-16-25-12-14-26(15-13-25)19-23(21-8-4-2-5-9-21)22-10-6-3-7-11-22/h2-11,23H,12-19H2,1H3. The van der Waals surface area contributed by atoms with Gasteiger partial charge in [-0.2, -0.15) is 0 Å². The highest BCUT2D eigenvalue weighted by Crippen LogP contribution is 2.26. The summed E-state index contributed by atoms with van der Waals surface area (Å²) in [4.78, 5) is 27.2. The molecule has 0 saturated carbocycles. The molecule has 1 aliphatic heterocycles. The molecule has 1 fully saturated rings. The molecular weight excluding hydrogens is 364 g/mol. The highest BCUT2D eigenvalue weighted by atomic mass is 16.5. The fourth-order valence-electron chi connectivity index (χ4n) is 3.77. The Morgan fingerprint density at radius 3 is 1.90 bits per heavy atom. The van der Waals surface area contributed by atoms with Gasteiger partial charge in [0.2, 0.25) is 0 Å². The molecule has 1 aliphatic rings. The van der Waals surface area contributed by atoms with Crippen molar-refractivity contribution in [1.29, 1.82) is 0 Å². The van der Waals surface area contributed by atoms with E-state index in [1.54, 1.807) is 0 Å². The molecule has 0 unspecified atom stereocenters. The van der Waals surface area contributed by atoms with Crippen LogP contribution in [0.2, 0.25) is 0 Å². The van der Waals surface area contributed by atoms with Crippen molar-refractivity contribution in [1.82, 2.24) is 9.80 Å². The minimum atomic E-state index is -0.426. The Labute approximate surface area is 173 Å². The number of rotatable bonds is 9. The smallest absolute Gasteiger partial charge is 0.313 e. The molecule has 29 heavy (non-hydrogen) atoms. The number of carbonyl (C=O) groups excluding carboxylic acids is 2. The van der Waals surface area contributed by atoms with Gasteiger partial charge in [-0.05, 0) is 18.1 Å². The van der Waals surface area contributed by atoms with Crippen molar-refractivity contribution < 1.29 is 14.3 Å². The maximum absolute atomic E-state index is 11.5. The van der Waals surface area contributed by atoms with Crippen LogP contribution < -0.4 is 0 Å². The quantitative estimate of drug-likeness (QED) is 0.483. The number of ketones is 1. The lowest BCUT2D eigenvalue weighted by atomic mass is 9.90. The molecule has 0 spiro atoms. The van der Waals surface area contributed by atoms with E-state index in [0.29, 0.717) is 12.5 Å². The van der Waals surface area contributed by atoms with Crippen LogP contribution in [0, 0.1) is 0 Å². The first-order valence-electron chi connectivity index (χ1n) is 10.3. The van der Waals surface area contributed by atoms with Gasteiger partial charge < -0.3 is 4.74 Å². The van der Waals surface area contributed by atoms with Gasteiger partial charge in [-0.15, -0.1) is 0 Å². The van der Waals surface area contributed by atoms with Gasteiger partial charge in [0.1, 0.15) is 18.8 Å². The van der Waals surface area contributed by atoms with Crippen LogP contribution in [0.15, 0.2) is 60.7 Å². The van der Waals surface area contributed by atoms with Gasteiger partial charge >= 0.3 is 5.97 Å². The molecule has 3 rings (SSSR count). The SMILES string of the molecule is CC(=O)CC(=O)OCCN1CCN(CC(c2ccccc2)c2ccccc2)CC1. The Kier molecular flexibility index (Phi) is 7.96. The number of hydrogen-bond acceptors (Lipinski definition) is 5. The van der Waals surface area contributed by atoms with E-state index in [0.717, 1.165) is 39.3 Å². The monoisotopic (exact) mass is 394 g/mol. The number of Topliss-reactive ketones (excluding diaryl/α,β-unsaturated/α-hetero) is 1. The Bertz CT molecular complexity index is 732. The van der Waals surface area contributed by atoms with Gasteiger partial charge in [-0.1, -0.05) is 60.7 Å². The molecule has 0 radical (unpaired) electrons. The third-order valence-electron chi connectivity index (χ3n) is 5.37. The van der Waals surface area contributed by atoms with Crippen molar-refractivity contribution in [2.45, 2.75) is 19.3 Å². The van der Waals surface area contributed by atoms with E-state index in [9.17, 15) is 9.59 Å². The summed E-state index contributed by atoms with van der Waals surface area (Å²) in [5.41, 5.74) is 2.69. The van der Waals surface area contributed by atoms with Crippen LogP contribution in [0.25, 0.3) is 0 Å². The first kappa shape index (κ1) is 21.2. The third-order valence-corrected chi connectivity index (χ3v) is 5.37. The lowest BCUT2D eigenvalue weighted by Crippen LogP contribution is -2.48. The van der Waals surface area contributed by atoms with Crippen molar-refractivity contribution >= 4 is 11.8 Å². The maximum Gasteiger partial charge on any atom is 0.313 e. The highest BCUT2D eigenvalue weighted by molar-refractivity contribution is 5.94. The molecule has 2 aromatic carbocycles. The molecule has 1 heterocycles. The third kappa shape index (κ3) is 6.80. The zero-order valence-corrected chi connectivity index (χ0v) is 17.1. The molecule has 0 aromatic heterocycles. The zero-order valence-electron chi connectivity index (χ0n) is 17.1. The zero-order chi connectivity index (χ0) is 20.5. The highest BCUT2D eigenvalue weighted by Gasteiger charge is 2.22. The second-order valence-corrected chi connectivity index (χ2v) is 7.62. The van der Waals surface area contributed by atoms with Crippen LogP contribution in [0.1, 0.15) is 30.4 Å². The molecule has 0 bridgehead atoms. The molecule has 2 aromatic rings. The summed E-state index contributed by atoms with van der Waals surface area (Å²) in [7, 11) is 0. The predicted octanol–water partition coefficient (Wildman–Crippen LogP) is 2.96. The Morgan fingerprint density at radius 2 is 1.38 bits per heavy atom. The first-order chi connectivity index (χ1) is 14.1. The van der Waals surface area contributed by atoms with E-state index in [2.05, 4.69) is 70.5 Å². The molecule has 0 N–H and O–H groups in total. The summed E-state index contributed by atoms with van der Waals surface area (Å²) in [5, 5.41) is 0. The number of carbonyl (C=O) groups is 2. The lowest BCUT2D eigenvalue weighted by Gasteiger charge is -2.36. The average molecular weight is 395 g/mol. The van der Waals surface area contributed by atoms with Gasteiger partial charge in [-0.25, -0.2) is 0 Å². The number of hydrogen-bond donors (Lipinski definition) is 0. The second kappa shape index (κ2) is 10.9. The Hall–Kier alpha value is -2.50. The van der Waals surface area contributed by atoms with E-state index in [1.807, 2.05) is 0 Å². The summed E-state index contributed by atoms with van der Waals surface area (Å²) < 4.78 is 5.15. The number of piperazine rings is 1. The van der Waals surface area contributed by atoms with Crippen molar-refractivity contribution in [3.8, 4) is 0 Å². The first-order valence-corrected chi connectivity index (χ1v) is 10.3. The Balaban J connectivity index is 1.49. The average Bonchev–Trinajstić information content (AvgIpc) is 2.74. The van der Waals surface area contributed by atoms with E-state index >= 15 is 0 Å². The fraction of sp³-hybridized carbons (Fsp3) is 0.417. The number of esters is 1. The van der Waals surface area contributed by atoms with Crippen LogP contribution in [0.3, 0.4) is 0 Å². The van der Waals surface area contributed by atoms with Crippen molar-refractivity contribution in [2.75, 3.05) is 45.9 Å². The maximum atomic E-state index is 11.5. The molecule has 5 heteroatoms. The molecule has 0 amide bonds. The molecular formula is C24H30N2O3. The van der Waals surface area contributed by atoms with Crippen LogP contribution in [-0.4, -0.2) is 67.4 Å². The van der Waals surface area contributed by atoms with Gasteiger partial charge in [0, 0.05) is 45.2 Å². The lowest BCUT2D eigenvalue weighted by molar-refractivity contribution is -0.146. The van der Waals surface area contributed by atoms with Crippen LogP contribution in [-0.2, 0) is 14.3 Å². The second-order valence-electron chi connectivity index (χ2n) is 7.62. The summed E-state index contributed by atoms with van der Waals surface area (Å²) >= 11 is 0. The largest absolute Gasteiger partial charge is 0.464 e. The van der Waals surface area contributed by atoms with Gasteiger partial charge in [-0.3, -0.25) is 19.4 Å². The van der Waals surface area contributed by atoms with Crippen LogP contribution >= 0.6 is 0 Å². The van der Waals surface area contributed by atoms with E-state index < -0.39 is 5.97 Å². The van der Waals surface area contributed by atoms with E-state index in [4.69, 9.17) is 4.74 Å². The number of ether oxygens (including phenoxy) is 1. The molecule has 1 saturated heterocycles. The summed E-state index contributed by atoms with van der Waals surface area (Å²) in [6, 6.07) is 21.4. The number of benzene rings is 2. The molecule has 5 nitrogen and oxygen atoms in total. The predicted molar refractivity (Wildman–Crippen MR) is 114 cm³/mol. The fourth-order valence-corrected chi connectivity index (χ4v) is 3.77. The van der Waals surface area contributed by atoms with Crippen molar-refractivity contribution in [3.05, 3.63) is 71.8 Å². The summed E-state index contributed by atoms with van der Waals surface area (Å²) in [5.74, 6) is -0.226. The van der Waals surface area contributed by atoms with Gasteiger partial charge in [0.25, 0.3) is 0 Å². The molecule has 154 valence electrons. The number of nitrogens with zero attached hydrogens (tertiary/aromatic N) is 2. The Morgan fingerprint density at radius 1 is 0.862 bits per heavy atom. The van der Waals surface area contributed by atoms with Gasteiger partial charge in [0.15, 0.2) is 0 Å². The van der Waals surface area contributed by atoms with Crippen LogP contribution in [0.4, 0.5) is 0 Å². The van der Waals surface area contributed by atoms with Gasteiger partial charge in [0.05, 0.1) is 0 Å². The minimum Gasteiger partial charge on any atom is -0.464 e. The molecule has 0 atom stereocenters. The topological polar surface area (TPSA) is 49.9 Å². The minimum absolute atomic E-state index is 0.131. The summed E-state index contributed by atoms with van der Waals surface area (Å²) in [6.45, 7) is 7.38. The van der Waals surface area contributed by atoms with Crippen LogP contribution in [0.5, 0.6) is 0 Å². The van der Waals surface area contributed by atoms with Crippen molar-refractivity contribution in [2.24, 2.45) is 0 Å². The molecule has 0 aliphatic carbocycles. The normalized spacial score (nSPS) is 15.4. The van der Waals surface area contributed by atoms with E-state index in [-0.39, 0.29) is 12.2 Å².